The average molecular weight is 426 g/mol. The smallest absolute Gasteiger partial charge is 0.161 e. The number of fused-ring (bicyclic) bond motifs is 3. The van der Waals surface area contributed by atoms with Gasteiger partial charge < -0.3 is 23.7 Å². The number of ether oxygens (including phenoxy) is 5. The lowest BCUT2D eigenvalue weighted by Gasteiger charge is -2.36. The number of rotatable bonds is 8. The normalized spacial score (nSPS) is 19.7. The Balaban J connectivity index is 1.81. The minimum atomic E-state index is 0.286. The maximum atomic E-state index is 5.93. The Morgan fingerprint density at radius 3 is 2.29 bits per heavy atom. The molecule has 0 aromatic heterocycles. The summed E-state index contributed by atoms with van der Waals surface area (Å²) < 4.78 is 27.8. The van der Waals surface area contributed by atoms with Crippen LogP contribution in [0.4, 0.5) is 0 Å². The van der Waals surface area contributed by atoms with Gasteiger partial charge in [-0.2, -0.15) is 0 Å². The average Bonchev–Trinajstić information content (AvgIpc) is 2.82. The number of hydrogen-bond acceptors (Lipinski definition) is 6. The standard InChI is InChI=1S/C25H31NO5/c1-27-11-12-31-24-13-16(9-10-21(24)28-2)25-19-15-23(30-4)22(29-3)14-18(19)17-7-5-6-8-20(17)26-25/h9-10,13-15,17,20H,5-8,11-12H2,1-4H3/t17-,20-/m0/s1. The van der Waals surface area contributed by atoms with E-state index in [9.17, 15) is 0 Å². The van der Waals surface area contributed by atoms with Gasteiger partial charge in [0.2, 0.25) is 0 Å². The van der Waals surface area contributed by atoms with E-state index < -0.39 is 0 Å². The SMILES string of the molecule is COCCOc1cc(C2=N[C@H]3CCCC[C@H]3c3cc(OC)c(OC)cc32)ccc1OC. The van der Waals surface area contributed by atoms with Gasteiger partial charge in [-0.15, -0.1) is 0 Å². The van der Waals surface area contributed by atoms with Gasteiger partial charge in [0.15, 0.2) is 23.0 Å². The van der Waals surface area contributed by atoms with Crippen molar-refractivity contribution in [3.8, 4) is 23.0 Å². The minimum Gasteiger partial charge on any atom is -0.493 e. The molecule has 31 heavy (non-hydrogen) atoms. The molecule has 0 unspecified atom stereocenters. The Hall–Kier alpha value is -2.73. The monoisotopic (exact) mass is 425 g/mol. The summed E-state index contributed by atoms with van der Waals surface area (Å²) in [6.45, 7) is 0.965. The molecule has 2 atom stereocenters. The molecule has 0 amide bonds. The molecule has 2 aromatic rings. The van der Waals surface area contributed by atoms with E-state index in [1.165, 1.54) is 18.4 Å². The van der Waals surface area contributed by atoms with Gasteiger partial charge in [0, 0.05) is 24.2 Å². The molecule has 6 heteroatoms. The first-order chi connectivity index (χ1) is 15.2. The van der Waals surface area contributed by atoms with Crippen LogP contribution < -0.4 is 18.9 Å². The molecule has 1 aliphatic heterocycles. The molecule has 2 aliphatic rings. The minimum absolute atomic E-state index is 0.286. The van der Waals surface area contributed by atoms with Crippen LogP contribution in [0.15, 0.2) is 35.3 Å². The second kappa shape index (κ2) is 9.60. The van der Waals surface area contributed by atoms with Crippen LogP contribution in [0.2, 0.25) is 0 Å². The lowest BCUT2D eigenvalue weighted by molar-refractivity contribution is 0.144. The first-order valence-corrected chi connectivity index (χ1v) is 10.8. The number of benzene rings is 2. The van der Waals surface area contributed by atoms with Crippen molar-refractivity contribution in [3.05, 3.63) is 47.0 Å². The van der Waals surface area contributed by atoms with Crippen LogP contribution in [-0.4, -0.2) is 53.4 Å². The van der Waals surface area contributed by atoms with Crippen LogP contribution in [0.25, 0.3) is 0 Å². The zero-order valence-electron chi connectivity index (χ0n) is 18.8. The maximum absolute atomic E-state index is 5.93. The predicted molar refractivity (Wildman–Crippen MR) is 121 cm³/mol. The molecule has 4 rings (SSSR count). The van der Waals surface area contributed by atoms with Crippen molar-refractivity contribution in [2.75, 3.05) is 41.7 Å². The predicted octanol–water partition coefficient (Wildman–Crippen LogP) is 4.61. The Kier molecular flexibility index (Phi) is 6.66. The third kappa shape index (κ3) is 4.22. The lowest BCUT2D eigenvalue weighted by atomic mass is 9.75. The second-order valence-electron chi connectivity index (χ2n) is 7.94. The third-order valence-corrected chi connectivity index (χ3v) is 6.22. The molecule has 6 nitrogen and oxygen atoms in total. The summed E-state index contributed by atoms with van der Waals surface area (Å²) in [6.07, 6.45) is 4.71. The zero-order valence-corrected chi connectivity index (χ0v) is 18.8. The van der Waals surface area contributed by atoms with E-state index in [0.29, 0.717) is 36.4 Å². The summed E-state index contributed by atoms with van der Waals surface area (Å²) >= 11 is 0. The van der Waals surface area contributed by atoms with Crippen LogP contribution in [-0.2, 0) is 4.74 Å². The molecule has 2 aromatic carbocycles. The van der Waals surface area contributed by atoms with Crippen molar-refractivity contribution in [1.29, 1.82) is 0 Å². The number of methoxy groups -OCH3 is 4. The Labute approximate surface area is 184 Å². The van der Waals surface area contributed by atoms with Gasteiger partial charge in [0.25, 0.3) is 0 Å². The van der Waals surface area contributed by atoms with Crippen LogP contribution in [0.5, 0.6) is 23.0 Å². The lowest BCUT2D eigenvalue weighted by Crippen LogP contribution is -2.29. The first-order valence-electron chi connectivity index (χ1n) is 10.8. The van der Waals surface area contributed by atoms with E-state index in [-0.39, 0.29) is 6.04 Å². The summed E-state index contributed by atoms with van der Waals surface area (Å²) in [6, 6.07) is 10.5. The molecular weight excluding hydrogens is 394 g/mol. The molecule has 0 radical (unpaired) electrons. The van der Waals surface area contributed by atoms with Crippen molar-refractivity contribution in [1.82, 2.24) is 0 Å². The van der Waals surface area contributed by atoms with E-state index in [0.717, 1.165) is 35.4 Å². The summed E-state index contributed by atoms with van der Waals surface area (Å²) in [5.74, 6) is 3.29. The van der Waals surface area contributed by atoms with Crippen molar-refractivity contribution in [2.45, 2.75) is 37.6 Å². The molecule has 1 fully saturated rings. The molecular formula is C25H31NO5. The summed E-state index contributed by atoms with van der Waals surface area (Å²) in [7, 11) is 6.66. The van der Waals surface area contributed by atoms with Crippen molar-refractivity contribution in [3.63, 3.8) is 0 Å². The van der Waals surface area contributed by atoms with Crippen LogP contribution in [0.1, 0.15) is 48.3 Å². The molecule has 166 valence electrons. The zero-order chi connectivity index (χ0) is 21.8. The molecule has 0 spiro atoms. The van der Waals surface area contributed by atoms with Gasteiger partial charge in [-0.25, -0.2) is 0 Å². The van der Waals surface area contributed by atoms with Crippen LogP contribution >= 0.6 is 0 Å². The van der Waals surface area contributed by atoms with E-state index >= 15 is 0 Å². The number of aliphatic imine (C=N–C) groups is 1. The highest BCUT2D eigenvalue weighted by molar-refractivity contribution is 6.15. The van der Waals surface area contributed by atoms with E-state index in [1.807, 2.05) is 18.2 Å². The molecule has 1 heterocycles. The second-order valence-corrected chi connectivity index (χ2v) is 7.94. The Morgan fingerprint density at radius 1 is 0.806 bits per heavy atom. The molecule has 0 saturated heterocycles. The van der Waals surface area contributed by atoms with E-state index in [1.54, 1.807) is 28.4 Å². The number of nitrogens with zero attached hydrogens (tertiary/aromatic N) is 1. The summed E-state index contributed by atoms with van der Waals surface area (Å²) in [4.78, 5) is 5.24. The van der Waals surface area contributed by atoms with Crippen LogP contribution in [0, 0.1) is 0 Å². The molecule has 1 saturated carbocycles. The highest BCUT2D eigenvalue weighted by Crippen LogP contribution is 2.45. The van der Waals surface area contributed by atoms with Gasteiger partial charge in [0.05, 0.1) is 39.7 Å². The molecule has 0 N–H and O–H groups in total. The molecule has 0 bridgehead atoms. The molecule has 1 aliphatic carbocycles. The summed E-state index contributed by atoms with van der Waals surface area (Å²) in [5.41, 5.74) is 4.38. The topological polar surface area (TPSA) is 58.5 Å². The third-order valence-electron chi connectivity index (χ3n) is 6.22. The van der Waals surface area contributed by atoms with E-state index in [2.05, 4.69) is 12.1 Å². The van der Waals surface area contributed by atoms with Gasteiger partial charge >= 0.3 is 0 Å². The van der Waals surface area contributed by atoms with Crippen LogP contribution in [0.3, 0.4) is 0 Å². The Bertz CT molecular complexity index is 955. The fourth-order valence-corrected chi connectivity index (χ4v) is 4.67. The highest BCUT2D eigenvalue weighted by Gasteiger charge is 2.34. The quantitative estimate of drug-likeness (QED) is 0.578. The van der Waals surface area contributed by atoms with Gasteiger partial charge in [0.1, 0.15) is 6.61 Å². The van der Waals surface area contributed by atoms with Crippen molar-refractivity contribution in [2.24, 2.45) is 4.99 Å². The number of hydrogen-bond donors (Lipinski definition) is 0. The van der Waals surface area contributed by atoms with Crippen molar-refractivity contribution < 1.29 is 23.7 Å². The first kappa shape index (κ1) is 21.5. The Morgan fingerprint density at radius 2 is 1.55 bits per heavy atom. The fourth-order valence-electron chi connectivity index (χ4n) is 4.67. The fraction of sp³-hybridized carbons (Fsp3) is 0.480. The summed E-state index contributed by atoms with van der Waals surface area (Å²) in [5, 5.41) is 0. The van der Waals surface area contributed by atoms with Gasteiger partial charge in [-0.05, 0) is 48.7 Å². The van der Waals surface area contributed by atoms with E-state index in [4.69, 9.17) is 28.7 Å². The largest absolute Gasteiger partial charge is 0.493 e. The maximum Gasteiger partial charge on any atom is 0.161 e. The van der Waals surface area contributed by atoms with Gasteiger partial charge in [-0.1, -0.05) is 12.8 Å². The highest BCUT2D eigenvalue weighted by atomic mass is 16.5. The van der Waals surface area contributed by atoms with Crippen molar-refractivity contribution >= 4 is 5.71 Å². The van der Waals surface area contributed by atoms with Gasteiger partial charge in [-0.3, -0.25) is 4.99 Å².